The van der Waals surface area contributed by atoms with Crippen molar-refractivity contribution in [2.45, 2.75) is 26.7 Å². The Labute approximate surface area is 92.7 Å². The Hall–Kier alpha value is -1.91. The normalized spacial score (nSPS) is 11.2. The third kappa shape index (κ3) is 1.54. The van der Waals surface area contributed by atoms with E-state index in [4.69, 9.17) is 5.11 Å². The van der Waals surface area contributed by atoms with Gasteiger partial charge in [0.25, 0.3) is 0 Å². The fourth-order valence-corrected chi connectivity index (χ4v) is 1.54. The van der Waals surface area contributed by atoms with Gasteiger partial charge in [0.2, 0.25) is 0 Å². The van der Waals surface area contributed by atoms with Gasteiger partial charge in [-0.25, -0.2) is 14.3 Å². The number of aryl methyl sites for hydroxylation is 1. The van der Waals surface area contributed by atoms with Crippen molar-refractivity contribution in [2.24, 2.45) is 0 Å². The lowest BCUT2D eigenvalue weighted by Gasteiger charge is -2.07. The maximum absolute atomic E-state index is 11.1. The molecule has 1 N–H and O–H groups in total. The minimum Gasteiger partial charge on any atom is -0.477 e. The summed E-state index contributed by atoms with van der Waals surface area (Å²) >= 11 is 0. The zero-order chi connectivity index (χ0) is 11.9. The van der Waals surface area contributed by atoms with Crippen LogP contribution in [0.2, 0.25) is 0 Å². The first-order valence-corrected chi connectivity index (χ1v) is 5.09. The Balaban J connectivity index is 2.81. The highest BCUT2D eigenvalue weighted by Crippen LogP contribution is 2.17. The van der Waals surface area contributed by atoms with Crippen molar-refractivity contribution in [1.29, 1.82) is 0 Å². The summed E-state index contributed by atoms with van der Waals surface area (Å²) in [6.45, 7) is 5.83. The summed E-state index contributed by atoms with van der Waals surface area (Å²) in [7, 11) is 0. The van der Waals surface area contributed by atoms with Crippen molar-refractivity contribution in [1.82, 2.24) is 14.6 Å². The maximum atomic E-state index is 11.1. The average molecular weight is 219 g/mol. The van der Waals surface area contributed by atoms with E-state index in [9.17, 15) is 4.79 Å². The molecule has 2 aromatic heterocycles. The molecule has 5 nitrogen and oxygen atoms in total. The van der Waals surface area contributed by atoms with E-state index in [1.165, 1.54) is 4.52 Å². The number of fused-ring (bicyclic) bond motifs is 1. The Morgan fingerprint density at radius 3 is 2.75 bits per heavy atom. The summed E-state index contributed by atoms with van der Waals surface area (Å²) in [6.07, 6.45) is 1.62. The van der Waals surface area contributed by atoms with Crippen molar-refractivity contribution in [3.63, 3.8) is 0 Å². The summed E-state index contributed by atoms with van der Waals surface area (Å²) in [4.78, 5) is 15.5. The van der Waals surface area contributed by atoms with Crippen LogP contribution in [0, 0.1) is 6.92 Å². The van der Waals surface area contributed by atoms with Crippen LogP contribution in [0.15, 0.2) is 12.3 Å². The number of hydrogen-bond acceptors (Lipinski definition) is 3. The molecule has 0 bridgehead atoms. The van der Waals surface area contributed by atoms with Crippen LogP contribution in [-0.4, -0.2) is 25.7 Å². The molecule has 0 saturated heterocycles. The second-order valence-corrected chi connectivity index (χ2v) is 4.09. The highest BCUT2D eigenvalue weighted by Gasteiger charge is 2.15. The summed E-state index contributed by atoms with van der Waals surface area (Å²) in [6, 6.07) is 1.58. The van der Waals surface area contributed by atoms with Gasteiger partial charge in [-0.1, -0.05) is 13.8 Å². The highest BCUT2D eigenvalue weighted by atomic mass is 16.4. The van der Waals surface area contributed by atoms with Crippen LogP contribution in [0.4, 0.5) is 0 Å². The highest BCUT2D eigenvalue weighted by molar-refractivity contribution is 5.86. The standard InChI is InChI=1S/C11H13N3O2/c1-6(2)8-4-9(11(15)16)14-10(13-8)7(3)5-12-14/h4-6H,1-3H3,(H,15,16). The van der Waals surface area contributed by atoms with Gasteiger partial charge in [-0.05, 0) is 18.9 Å². The van der Waals surface area contributed by atoms with E-state index in [1.807, 2.05) is 20.8 Å². The molecular formula is C11H13N3O2. The van der Waals surface area contributed by atoms with Crippen molar-refractivity contribution < 1.29 is 9.90 Å². The molecule has 16 heavy (non-hydrogen) atoms. The maximum Gasteiger partial charge on any atom is 0.354 e. The van der Waals surface area contributed by atoms with Crippen LogP contribution in [0.5, 0.6) is 0 Å². The predicted molar refractivity (Wildman–Crippen MR) is 58.8 cm³/mol. The fourth-order valence-electron chi connectivity index (χ4n) is 1.54. The number of aromatic carboxylic acids is 1. The third-order valence-electron chi connectivity index (χ3n) is 2.48. The molecule has 0 aromatic carbocycles. The Bertz CT molecular complexity index is 558. The second kappa shape index (κ2) is 3.59. The van der Waals surface area contributed by atoms with Crippen molar-refractivity contribution in [2.75, 3.05) is 0 Å². The van der Waals surface area contributed by atoms with E-state index in [0.717, 1.165) is 11.3 Å². The molecule has 0 fully saturated rings. The molecule has 0 saturated carbocycles. The molecule has 0 amide bonds. The monoisotopic (exact) mass is 219 g/mol. The Morgan fingerprint density at radius 1 is 1.50 bits per heavy atom. The predicted octanol–water partition coefficient (Wildman–Crippen LogP) is 1.86. The van der Waals surface area contributed by atoms with Crippen LogP contribution in [0.3, 0.4) is 0 Å². The van der Waals surface area contributed by atoms with Gasteiger partial charge in [0.15, 0.2) is 11.3 Å². The number of nitrogens with zero attached hydrogens (tertiary/aromatic N) is 3. The molecule has 0 unspecified atom stereocenters. The quantitative estimate of drug-likeness (QED) is 0.837. The van der Waals surface area contributed by atoms with Crippen molar-refractivity contribution in [3.8, 4) is 0 Å². The number of hydrogen-bond donors (Lipinski definition) is 1. The largest absolute Gasteiger partial charge is 0.477 e. The first kappa shape index (κ1) is 10.6. The van der Waals surface area contributed by atoms with Gasteiger partial charge in [-0.15, -0.1) is 0 Å². The molecule has 2 heterocycles. The molecule has 84 valence electrons. The summed E-state index contributed by atoms with van der Waals surface area (Å²) in [5, 5.41) is 13.1. The van der Waals surface area contributed by atoms with Crippen LogP contribution in [0.1, 0.15) is 41.5 Å². The summed E-state index contributed by atoms with van der Waals surface area (Å²) in [5.41, 5.74) is 2.42. The smallest absolute Gasteiger partial charge is 0.354 e. The number of carboxylic acid groups (broad SMARTS) is 1. The molecule has 0 radical (unpaired) electrons. The van der Waals surface area contributed by atoms with Gasteiger partial charge >= 0.3 is 5.97 Å². The van der Waals surface area contributed by atoms with E-state index in [0.29, 0.717) is 5.65 Å². The Morgan fingerprint density at radius 2 is 2.19 bits per heavy atom. The topological polar surface area (TPSA) is 67.5 Å². The molecule has 5 heteroatoms. The SMILES string of the molecule is Cc1cnn2c(C(=O)O)cc(C(C)C)nc12. The lowest BCUT2D eigenvalue weighted by atomic mass is 10.1. The summed E-state index contributed by atoms with van der Waals surface area (Å²) in [5.74, 6) is -0.796. The number of aromatic nitrogens is 3. The molecule has 0 aliphatic heterocycles. The van der Waals surface area contributed by atoms with Crippen LogP contribution >= 0.6 is 0 Å². The van der Waals surface area contributed by atoms with Gasteiger partial charge in [0.05, 0.1) is 6.20 Å². The molecule has 2 aromatic rings. The minimum absolute atomic E-state index is 0.154. The molecule has 0 aliphatic carbocycles. The number of rotatable bonds is 2. The molecule has 0 aliphatic rings. The van der Waals surface area contributed by atoms with Gasteiger partial charge < -0.3 is 5.11 Å². The van der Waals surface area contributed by atoms with Crippen molar-refractivity contribution in [3.05, 3.63) is 29.2 Å². The Kier molecular flexibility index (Phi) is 2.38. The molecule has 0 spiro atoms. The van der Waals surface area contributed by atoms with E-state index in [1.54, 1.807) is 12.3 Å². The third-order valence-corrected chi connectivity index (χ3v) is 2.48. The van der Waals surface area contributed by atoms with Gasteiger partial charge in [-0.2, -0.15) is 5.10 Å². The fraction of sp³-hybridized carbons (Fsp3) is 0.364. The van der Waals surface area contributed by atoms with Crippen LogP contribution in [0.25, 0.3) is 5.65 Å². The van der Waals surface area contributed by atoms with Crippen molar-refractivity contribution >= 4 is 11.6 Å². The molecule has 2 rings (SSSR count). The average Bonchev–Trinajstić information content (AvgIpc) is 2.59. The number of carbonyl (C=O) groups is 1. The van der Waals surface area contributed by atoms with Crippen LogP contribution in [-0.2, 0) is 0 Å². The first-order valence-electron chi connectivity index (χ1n) is 5.09. The van der Waals surface area contributed by atoms with E-state index >= 15 is 0 Å². The zero-order valence-electron chi connectivity index (χ0n) is 9.43. The lowest BCUT2D eigenvalue weighted by molar-refractivity contribution is 0.0687. The number of carboxylic acids is 1. The second-order valence-electron chi connectivity index (χ2n) is 4.09. The van der Waals surface area contributed by atoms with Gasteiger partial charge in [-0.3, -0.25) is 0 Å². The first-order chi connectivity index (χ1) is 7.50. The van der Waals surface area contributed by atoms with Crippen LogP contribution < -0.4 is 0 Å². The van der Waals surface area contributed by atoms with Gasteiger partial charge in [0, 0.05) is 11.3 Å². The molecule has 0 atom stereocenters. The minimum atomic E-state index is -0.989. The molecular weight excluding hydrogens is 206 g/mol. The van der Waals surface area contributed by atoms with E-state index in [2.05, 4.69) is 10.1 Å². The summed E-state index contributed by atoms with van der Waals surface area (Å²) < 4.78 is 1.36. The van der Waals surface area contributed by atoms with Gasteiger partial charge in [0.1, 0.15) is 0 Å². The van der Waals surface area contributed by atoms with E-state index in [-0.39, 0.29) is 11.6 Å². The van der Waals surface area contributed by atoms with E-state index < -0.39 is 5.97 Å². The zero-order valence-corrected chi connectivity index (χ0v) is 9.43. The lowest BCUT2D eigenvalue weighted by Crippen LogP contribution is -2.10.